The number of carbonyl (C=O) groups is 1. The molecule has 1 aromatic carbocycles. The Morgan fingerprint density at radius 1 is 1.09 bits per heavy atom. The van der Waals surface area contributed by atoms with E-state index in [0.717, 1.165) is 30.1 Å². The molecule has 0 bridgehead atoms. The Kier molecular flexibility index (Phi) is 5.78. The van der Waals surface area contributed by atoms with E-state index in [9.17, 15) is 4.79 Å². The molecule has 0 aliphatic heterocycles. The maximum absolute atomic E-state index is 12.0. The molecule has 0 heterocycles. The fourth-order valence-electron chi connectivity index (χ4n) is 2.61. The molecular formula is C19H23ClN2O. The number of nitrogens with zero attached hydrogens (tertiary/aromatic N) is 2. The number of anilines is 1. The minimum Gasteiger partial charge on any atom is -0.372 e. The number of benzene rings is 1. The number of rotatable bonds is 5. The summed E-state index contributed by atoms with van der Waals surface area (Å²) in [4.78, 5) is 19.0. The number of allylic oxidation sites excluding steroid dienone is 4. The first-order valence-corrected chi connectivity index (χ1v) is 8.45. The average molecular weight is 331 g/mol. The lowest BCUT2D eigenvalue weighted by molar-refractivity contribution is -0.111. The van der Waals surface area contributed by atoms with Gasteiger partial charge >= 0.3 is 0 Å². The summed E-state index contributed by atoms with van der Waals surface area (Å²) in [6, 6.07) is 8.15. The van der Waals surface area contributed by atoms with E-state index in [1.165, 1.54) is 5.69 Å². The lowest BCUT2D eigenvalue weighted by Gasteiger charge is -2.21. The van der Waals surface area contributed by atoms with E-state index in [1.54, 1.807) is 0 Å². The Morgan fingerprint density at radius 3 is 2.22 bits per heavy atom. The van der Waals surface area contributed by atoms with Crippen molar-refractivity contribution in [3.63, 3.8) is 0 Å². The molecular weight excluding hydrogens is 308 g/mol. The van der Waals surface area contributed by atoms with Crippen molar-refractivity contribution in [3.05, 3.63) is 46.5 Å². The largest absolute Gasteiger partial charge is 0.372 e. The second-order valence-electron chi connectivity index (χ2n) is 5.48. The van der Waals surface area contributed by atoms with Crippen molar-refractivity contribution in [2.75, 3.05) is 18.0 Å². The third kappa shape index (κ3) is 3.73. The van der Waals surface area contributed by atoms with Crippen molar-refractivity contribution in [2.24, 2.45) is 4.99 Å². The molecule has 3 nitrogen and oxygen atoms in total. The third-order valence-corrected chi connectivity index (χ3v) is 4.58. The Bertz CT molecular complexity index is 680. The molecule has 122 valence electrons. The standard InChI is InChI=1S/C19H23ClN2O/c1-5-14-12-17(13(4)18(20)19(14)23)21-15-8-10-16(11-9-15)22(6-2)7-3/h8-12H,5-7H2,1-4H3. The van der Waals surface area contributed by atoms with Gasteiger partial charge in [-0.3, -0.25) is 4.79 Å². The van der Waals surface area contributed by atoms with Gasteiger partial charge in [0.2, 0.25) is 5.78 Å². The topological polar surface area (TPSA) is 32.7 Å². The molecule has 1 aliphatic rings. The number of carbonyl (C=O) groups excluding carboxylic acids is 1. The van der Waals surface area contributed by atoms with E-state index in [2.05, 4.69) is 35.9 Å². The third-order valence-electron chi connectivity index (χ3n) is 4.12. The highest BCUT2D eigenvalue weighted by Gasteiger charge is 2.22. The summed E-state index contributed by atoms with van der Waals surface area (Å²) in [6.07, 6.45) is 2.50. The van der Waals surface area contributed by atoms with Crippen molar-refractivity contribution >= 4 is 34.5 Å². The zero-order valence-electron chi connectivity index (χ0n) is 14.2. The van der Waals surface area contributed by atoms with E-state index in [-0.39, 0.29) is 10.8 Å². The molecule has 0 N–H and O–H groups in total. The second kappa shape index (κ2) is 7.60. The number of ketones is 1. The van der Waals surface area contributed by atoms with Crippen LogP contribution in [0.3, 0.4) is 0 Å². The molecule has 2 rings (SSSR count). The SMILES string of the molecule is CCC1=CC(=Nc2ccc(N(CC)CC)cc2)C(C)=C(Cl)C1=O. The minimum atomic E-state index is -0.0810. The summed E-state index contributed by atoms with van der Waals surface area (Å²) in [5.41, 5.74) is 4.26. The van der Waals surface area contributed by atoms with Crippen LogP contribution in [0.1, 0.15) is 34.1 Å². The van der Waals surface area contributed by atoms with E-state index >= 15 is 0 Å². The molecule has 0 atom stereocenters. The number of hydrogen-bond acceptors (Lipinski definition) is 3. The highest BCUT2D eigenvalue weighted by Crippen LogP contribution is 2.27. The van der Waals surface area contributed by atoms with Crippen LogP contribution in [0.25, 0.3) is 0 Å². The van der Waals surface area contributed by atoms with Crippen molar-refractivity contribution in [2.45, 2.75) is 34.1 Å². The van der Waals surface area contributed by atoms with Gasteiger partial charge < -0.3 is 4.90 Å². The fourth-order valence-corrected chi connectivity index (χ4v) is 2.83. The summed E-state index contributed by atoms with van der Waals surface area (Å²) in [6.45, 7) is 10.0. The summed E-state index contributed by atoms with van der Waals surface area (Å²) in [7, 11) is 0. The first-order valence-electron chi connectivity index (χ1n) is 8.07. The van der Waals surface area contributed by atoms with Gasteiger partial charge in [-0.15, -0.1) is 0 Å². The Hall–Kier alpha value is -1.87. The summed E-state index contributed by atoms with van der Waals surface area (Å²) in [5, 5.41) is 0.280. The molecule has 1 aromatic rings. The summed E-state index contributed by atoms with van der Waals surface area (Å²) < 4.78 is 0. The predicted octanol–water partition coefficient (Wildman–Crippen LogP) is 5.04. The lowest BCUT2D eigenvalue weighted by Crippen LogP contribution is -2.21. The number of hydrogen-bond donors (Lipinski definition) is 0. The van der Waals surface area contributed by atoms with Gasteiger partial charge in [0, 0.05) is 24.4 Å². The molecule has 0 aromatic heterocycles. The molecule has 0 unspecified atom stereocenters. The first-order chi connectivity index (χ1) is 11.0. The molecule has 4 heteroatoms. The Morgan fingerprint density at radius 2 is 1.70 bits per heavy atom. The fraction of sp³-hybridized carbons (Fsp3) is 0.368. The van der Waals surface area contributed by atoms with Crippen molar-refractivity contribution in [1.29, 1.82) is 0 Å². The van der Waals surface area contributed by atoms with Crippen LogP contribution in [0.5, 0.6) is 0 Å². The average Bonchev–Trinajstić information content (AvgIpc) is 2.58. The number of Topliss-reactive ketones (excluding diaryl/α,β-unsaturated/α-hetero) is 1. The van der Waals surface area contributed by atoms with Crippen LogP contribution in [0.4, 0.5) is 11.4 Å². The van der Waals surface area contributed by atoms with Gasteiger partial charge in [-0.05, 0) is 63.1 Å². The van der Waals surface area contributed by atoms with Crippen molar-refractivity contribution in [3.8, 4) is 0 Å². The monoisotopic (exact) mass is 330 g/mol. The highest BCUT2D eigenvalue weighted by atomic mass is 35.5. The molecule has 0 spiro atoms. The van der Waals surface area contributed by atoms with Crippen LogP contribution >= 0.6 is 11.6 Å². The predicted molar refractivity (Wildman–Crippen MR) is 99.0 cm³/mol. The van der Waals surface area contributed by atoms with E-state index in [1.807, 2.05) is 32.1 Å². The van der Waals surface area contributed by atoms with Gasteiger partial charge in [-0.25, -0.2) is 4.99 Å². The molecule has 0 saturated carbocycles. The first kappa shape index (κ1) is 17.5. The van der Waals surface area contributed by atoms with Crippen LogP contribution in [-0.4, -0.2) is 24.6 Å². The lowest BCUT2D eigenvalue weighted by atomic mass is 9.95. The number of aliphatic imine (C=N–C) groups is 1. The molecule has 0 radical (unpaired) electrons. The normalized spacial score (nSPS) is 16.8. The highest BCUT2D eigenvalue weighted by molar-refractivity contribution is 6.49. The maximum Gasteiger partial charge on any atom is 0.200 e. The molecule has 0 amide bonds. The Balaban J connectivity index is 2.34. The van der Waals surface area contributed by atoms with Crippen LogP contribution in [0.15, 0.2) is 51.5 Å². The van der Waals surface area contributed by atoms with Gasteiger partial charge in [-0.2, -0.15) is 0 Å². The zero-order chi connectivity index (χ0) is 17.0. The van der Waals surface area contributed by atoms with Crippen molar-refractivity contribution < 1.29 is 4.79 Å². The molecule has 1 aliphatic carbocycles. The van der Waals surface area contributed by atoms with E-state index in [4.69, 9.17) is 11.6 Å². The van der Waals surface area contributed by atoms with Crippen molar-refractivity contribution in [1.82, 2.24) is 0 Å². The molecule has 0 saturated heterocycles. The summed E-state index contributed by atoms with van der Waals surface area (Å²) >= 11 is 6.16. The van der Waals surface area contributed by atoms with Crippen LogP contribution in [0.2, 0.25) is 0 Å². The quantitative estimate of drug-likeness (QED) is 0.709. The van der Waals surface area contributed by atoms with Gasteiger partial charge in [-0.1, -0.05) is 18.5 Å². The minimum absolute atomic E-state index is 0.0810. The van der Waals surface area contributed by atoms with E-state index < -0.39 is 0 Å². The maximum atomic E-state index is 12.0. The number of halogens is 1. The molecule has 23 heavy (non-hydrogen) atoms. The van der Waals surface area contributed by atoms with Crippen LogP contribution in [-0.2, 0) is 4.79 Å². The van der Waals surface area contributed by atoms with Gasteiger partial charge in [0.05, 0.1) is 16.4 Å². The Labute approximate surface area is 143 Å². The van der Waals surface area contributed by atoms with Gasteiger partial charge in [0.1, 0.15) is 0 Å². The van der Waals surface area contributed by atoms with Crippen LogP contribution in [0, 0.1) is 0 Å². The zero-order valence-corrected chi connectivity index (χ0v) is 14.9. The smallest absolute Gasteiger partial charge is 0.200 e. The van der Waals surface area contributed by atoms with Gasteiger partial charge in [0.15, 0.2) is 0 Å². The molecule has 0 fully saturated rings. The van der Waals surface area contributed by atoms with Crippen LogP contribution < -0.4 is 4.90 Å². The summed E-state index contributed by atoms with van der Waals surface area (Å²) in [5.74, 6) is -0.0810. The second-order valence-corrected chi connectivity index (χ2v) is 5.85. The van der Waals surface area contributed by atoms with Gasteiger partial charge in [0.25, 0.3) is 0 Å². The van der Waals surface area contributed by atoms with E-state index in [0.29, 0.717) is 12.0 Å².